The van der Waals surface area contributed by atoms with E-state index in [0.717, 1.165) is 25.7 Å². The minimum absolute atomic E-state index is 0.454. The van der Waals surface area contributed by atoms with Gasteiger partial charge in [-0.25, -0.2) is 0 Å². The number of hydrogen-bond donors (Lipinski definition) is 0. The molecule has 1 heteroatoms. The Hall–Kier alpha value is -2.15. The van der Waals surface area contributed by atoms with E-state index >= 15 is 0 Å². The molecule has 3 aromatic rings. The predicted molar refractivity (Wildman–Crippen MR) is 84.9 cm³/mol. The fourth-order valence-corrected chi connectivity index (χ4v) is 2.72. The van der Waals surface area contributed by atoms with E-state index in [4.69, 9.17) is 0 Å². The molecule has 1 nitrogen and oxygen atoms in total. The zero-order chi connectivity index (χ0) is 13.8. The quantitative estimate of drug-likeness (QED) is 0.514. The fourth-order valence-electron chi connectivity index (χ4n) is 2.72. The smallest absolute Gasteiger partial charge is 0.132 e. The van der Waals surface area contributed by atoms with Crippen LogP contribution in [-0.2, 0) is 4.79 Å². The van der Waals surface area contributed by atoms with E-state index in [1.54, 1.807) is 0 Å². The van der Waals surface area contributed by atoms with Crippen molar-refractivity contribution in [2.24, 2.45) is 0 Å². The normalized spacial score (nSPS) is 14.3. The summed E-state index contributed by atoms with van der Waals surface area (Å²) in [5.74, 6) is 0.454. The second kappa shape index (κ2) is 5.87. The monoisotopic (exact) mass is 262 g/mol. The number of rotatable bonds is 0. The van der Waals surface area contributed by atoms with Crippen molar-refractivity contribution in [3.8, 4) is 0 Å². The first-order chi connectivity index (χ1) is 9.84. The van der Waals surface area contributed by atoms with Gasteiger partial charge in [-0.1, -0.05) is 60.7 Å². The van der Waals surface area contributed by atoms with Crippen LogP contribution in [0, 0.1) is 0 Å². The zero-order valence-corrected chi connectivity index (χ0v) is 11.5. The molecule has 0 saturated heterocycles. The number of ketones is 1. The average Bonchev–Trinajstić information content (AvgIpc) is 2.99. The number of Topliss-reactive ketones (excluding diaryl/α,β-unsaturated/α-hetero) is 1. The van der Waals surface area contributed by atoms with Crippen LogP contribution in [0.4, 0.5) is 0 Å². The van der Waals surface area contributed by atoms with Crippen LogP contribution < -0.4 is 0 Å². The summed E-state index contributed by atoms with van der Waals surface area (Å²) in [6.45, 7) is 0. The average molecular weight is 262 g/mol. The molecule has 1 aliphatic carbocycles. The molecule has 0 spiro atoms. The van der Waals surface area contributed by atoms with Crippen LogP contribution >= 0.6 is 0 Å². The van der Waals surface area contributed by atoms with Gasteiger partial charge in [0.1, 0.15) is 5.78 Å². The summed E-state index contributed by atoms with van der Waals surface area (Å²) in [6, 6.07) is 21.4. The summed E-state index contributed by atoms with van der Waals surface area (Å²) in [6.07, 6.45) is 3.97. The fraction of sp³-hybridized carbons (Fsp3) is 0.211. The molecule has 1 fully saturated rings. The number of fused-ring (bicyclic) bond motifs is 3. The van der Waals surface area contributed by atoms with Crippen LogP contribution in [0.25, 0.3) is 21.5 Å². The lowest BCUT2D eigenvalue weighted by Gasteiger charge is -2.02. The van der Waals surface area contributed by atoms with Crippen molar-refractivity contribution < 1.29 is 4.79 Å². The predicted octanol–water partition coefficient (Wildman–Crippen LogP) is 5.12. The molecule has 1 saturated carbocycles. The van der Waals surface area contributed by atoms with Crippen molar-refractivity contribution >= 4 is 27.3 Å². The largest absolute Gasteiger partial charge is 0.300 e. The van der Waals surface area contributed by atoms with Crippen LogP contribution in [0.15, 0.2) is 60.7 Å². The standard InChI is InChI=1S/C14H10.C5H8O/c1-3-7-13-11(5-1)9-10-12-6-2-4-8-14(12)13;6-5-3-1-2-4-5/h1-10H;1-4H2. The Bertz CT molecular complexity index is 680. The Labute approximate surface area is 119 Å². The molecule has 0 amide bonds. The summed E-state index contributed by atoms with van der Waals surface area (Å²) in [5.41, 5.74) is 0. The van der Waals surface area contributed by atoms with Crippen LogP contribution in [0.3, 0.4) is 0 Å². The van der Waals surface area contributed by atoms with Crippen molar-refractivity contribution in [3.63, 3.8) is 0 Å². The van der Waals surface area contributed by atoms with E-state index in [2.05, 4.69) is 60.7 Å². The van der Waals surface area contributed by atoms with Crippen LogP contribution in [0.5, 0.6) is 0 Å². The maximum Gasteiger partial charge on any atom is 0.132 e. The first-order valence-electron chi connectivity index (χ1n) is 7.23. The van der Waals surface area contributed by atoms with E-state index in [-0.39, 0.29) is 0 Å². The molecule has 0 N–H and O–H groups in total. The minimum Gasteiger partial charge on any atom is -0.300 e. The van der Waals surface area contributed by atoms with Gasteiger partial charge in [-0.15, -0.1) is 0 Å². The summed E-state index contributed by atoms with van der Waals surface area (Å²) in [5, 5.41) is 5.30. The van der Waals surface area contributed by atoms with Gasteiger partial charge in [0.15, 0.2) is 0 Å². The minimum atomic E-state index is 0.454. The molecule has 0 aromatic heterocycles. The number of carbonyl (C=O) groups excluding carboxylic acids is 1. The van der Waals surface area contributed by atoms with E-state index in [9.17, 15) is 4.79 Å². The van der Waals surface area contributed by atoms with Gasteiger partial charge in [0.05, 0.1) is 0 Å². The lowest BCUT2D eigenvalue weighted by Crippen LogP contribution is -1.81. The van der Waals surface area contributed by atoms with Crippen molar-refractivity contribution in [3.05, 3.63) is 60.7 Å². The second-order valence-corrected chi connectivity index (χ2v) is 5.25. The maximum atomic E-state index is 10.2. The molecule has 3 aromatic carbocycles. The molecule has 100 valence electrons. The Morgan fingerprint density at radius 2 is 1.05 bits per heavy atom. The van der Waals surface area contributed by atoms with Crippen molar-refractivity contribution in [1.82, 2.24) is 0 Å². The van der Waals surface area contributed by atoms with Crippen molar-refractivity contribution in [1.29, 1.82) is 0 Å². The molecule has 0 heterocycles. The zero-order valence-electron chi connectivity index (χ0n) is 11.5. The van der Waals surface area contributed by atoms with E-state index in [0.29, 0.717) is 5.78 Å². The summed E-state index contributed by atoms with van der Waals surface area (Å²) >= 11 is 0. The molecule has 0 aliphatic heterocycles. The Balaban J connectivity index is 0.000000170. The second-order valence-electron chi connectivity index (χ2n) is 5.25. The SMILES string of the molecule is O=C1CCCC1.c1ccc2c(c1)ccc1ccccc12. The third kappa shape index (κ3) is 2.72. The lowest BCUT2D eigenvalue weighted by atomic mass is 10.0. The van der Waals surface area contributed by atoms with Crippen molar-refractivity contribution in [2.45, 2.75) is 25.7 Å². The van der Waals surface area contributed by atoms with E-state index < -0.39 is 0 Å². The Kier molecular flexibility index (Phi) is 3.78. The van der Waals surface area contributed by atoms with Crippen molar-refractivity contribution in [2.75, 3.05) is 0 Å². The number of hydrogen-bond acceptors (Lipinski definition) is 1. The third-order valence-electron chi connectivity index (χ3n) is 3.82. The highest BCUT2D eigenvalue weighted by atomic mass is 16.1. The van der Waals surface area contributed by atoms with E-state index in [1.807, 2.05) is 0 Å². The Morgan fingerprint density at radius 1 is 0.600 bits per heavy atom. The first kappa shape index (κ1) is 12.9. The molecule has 0 bridgehead atoms. The molecule has 4 rings (SSSR count). The lowest BCUT2D eigenvalue weighted by molar-refractivity contribution is -0.117. The van der Waals surface area contributed by atoms with Gasteiger partial charge < -0.3 is 0 Å². The third-order valence-corrected chi connectivity index (χ3v) is 3.82. The highest BCUT2D eigenvalue weighted by Crippen LogP contribution is 2.24. The van der Waals surface area contributed by atoms with Gasteiger partial charge >= 0.3 is 0 Å². The molecule has 20 heavy (non-hydrogen) atoms. The summed E-state index contributed by atoms with van der Waals surface area (Å²) < 4.78 is 0. The molecular formula is C19H18O. The highest BCUT2D eigenvalue weighted by Gasteiger charge is 2.07. The molecule has 0 radical (unpaired) electrons. The first-order valence-corrected chi connectivity index (χ1v) is 7.23. The van der Waals surface area contributed by atoms with Crippen LogP contribution in [-0.4, -0.2) is 5.78 Å². The maximum absolute atomic E-state index is 10.2. The molecule has 0 atom stereocenters. The Morgan fingerprint density at radius 3 is 1.45 bits per heavy atom. The number of benzene rings is 3. The number of carbonyl (C=O) groups is 1. The van der Waals surface area contributed by atoms with Gasteiger partial charge in [-0.2, -0.15) is 0 Å². The summed E-state index contributed by atoms with van der Waals surface area (Å²) in [4.78, 5) is 10.2. The van der Waals surface area contributed by atoms with Gasteiger partial charge in [0.25, 0.3) is 0 Å². The molecular weight excluding hydrogens is 244 g/mol. The molecule has 0 unspecified atom stereocenters. The van der Waals surface area contributed by atoms with Gasteiger partial charge in [0.2, 0.25) is 0 Å². The topological polar surface area (TPSA) is 17.1 Å². The van der Waals surface area contributed by atoms with Gasteiger partial charge in [0, 0.05) is 12.8 Å². The van der Waals surface area contributed by atoms with Crippen LogP contribution in [0.1, 0.15) is 25.7 Å². The van der Waals surface area contributed by atoms with Crippen LogP contribution in [0.2, 0.25) is 0 Å². The van der Waals surface area contributed by atoms with Gasteiger partial charge in [-0.3, -0.25) is 4.79 Å². The van der Waals surface area contributed by atoms with E-state index in [1.165, 1.54) is 21.5 Å². The van der Waals surface area contributed by atoms with Gasteiger partial charge in [-0.05, 0) is 34.4 Å². The highest BCUT2D eigenvalue weighted by molar-refractivity contribution is 6.07. The molecule has 1 aliphatic rings. The summed E-state index contributed by atoms with van der Waals surface area (Å²) in [7, 11) is 0.